The van der Waals surface area contributed by atoms with Crippen LogP contribution in [0.3, 0.4) is 0 Å². The Balaban J connectivity index is 1.15. The van der Waals surface area contributed by atoms with E-state index in [9.17, 15) is 0 Å². The second kappa shape index (κ2) is 7.50. The first-order valence-corrected chi connectivity index (χ1v) is 16.4. The van der Waals surface area contributed by atoms with Crippen LogP contribution in [0.25, 0.3) is 0 Å². The fraction of sp³-hybridized carbons (Fsp3) is 0.676. The highest BCUT2D eigenvalue weighted by Gasteiger charge is 2.53. The summed E-state index contributed by atoms with van der Waals surface area (Å²) in [4.78, 5) is 2.64. The Morgan fingerprint density at radius 1 is 0.579 bits per heavy atom. The van der Waals surface area contributed by atoms with E-state index in [4.69, 9.17) is 0 Å². The summed E-state index contributed by atoms with van der Waals surface area (Å²) in [6.45, 7) is 8.49. The molecule has 8 bridgehead atoms. The van der Waals surface area contributed by atoms with Crippen LogP contribution in [0, 0.1) is 35.5 Å². The molecule has 0 spiro atoms. The highest BCUT2D eigenvalue weighted by atomic mass is 15.1. The molecule has 0 saturated heterocycles. The van der Waals surface area contributed by atoms with Gasteiger partial charge in [0.15, 0.2) is 0 Å². The number of anilines is 2. The van der Waals surface area contributed by atoms with Crippen molar-refractivity contribution in [3.8, 4) is 0 Å². The maximum Gasteiger partial charge on any atom is 0.0452 e. The molecule has 1 heterocycles. The second-order valence-corrected chi connectivity index (χ2v) is 16.2. The molecule has 0 radical (unpaired) electrons. The molecule has 0 aromatic heterocycles. The first kappa shape index (κ1) is 23.0. The van der Waals surface area contributed by atoms with Crippen molar-refractivity contribution in [1.29, 1.82) is 0 Å². The smallest absolute Gasteiger partial charge is 0.0452 e. The standard InChI is InChI=1S/C37H47N/c1-4-38-33-7-5-29(36-17-23-9-24(18-36)11-25(10-23)19-36)15-31(33)35(2,3)32-16-30(6-8-34(32)38)37-20-26-12-27(21-37)14-28(13-26)22-37/h5-8,15-16,23-28H,4,9-14,17-22H2,1-3H3. The third-order valence-electron chi connectivity index (χ3n) is 13.5. The van der Waals surface area contributed by atoms with E-state index in [0.717, 1.165) is 42.1 Å². The third-order valence-corrected chi connectivity index (χ3v) is 13.5. The molecule has 8 aliphatic carbocycles. The average molecular weight is 506 g/mol. The van der Waals surface area contributed by atoms with Gasteiger partial charge in [0.2, 0.25) is 0 Å². The first-order chi connectivity index (χ1) is 18.3. The summed E-state index contributed by atoms with van der Waals surface area (Å²) in [6.07, 6.45) is 17.9. The van der Waals surface area contributed by atoms with Gasteiger partial charge >= 0.3 is 0 Å². The lowest BCUT2D eigenvalue weighted by Crippen LogP contribution is -2.49. The van der Waals surface area contributed by atoms with Crippen molar-refractivity contribution in [3.05, 3.63) is 58.7 Å². The largest absolute Gasteiger partial charge is 0.341 e. The average Bonchev–Trinajstić information content (AvgIpc) is 2.87. The molecule has 9 aliphatic rings. The van der Waals surface area contributed by atoms with Gasteiger partial charge in [-0.2, -0.15) is 0 Å². The van der Waals surface area contributed by atoms with Gasteiger partial charge in [0.1, 0.15) is 0 Å². The quantitative estimate of drug-likeness (QED) is 0.401. The van der Waals surface area contributed by atoms with Gasteiger partial charge in [-0.15, -0.1) is 0 Å². The van der Waals surface area contributed by atoms with Crippen LogP contribution in [-0.2, 0) is 16.2 Å². The van der Waals surface area contributed by atoms with Crippen molar-refractivity contribution in [2.24, 2.45) is 35.5 Å². The Labute approximate surface area is 230 Å². The molecule has 1 heteroatoms. The number of rotatable bonds is 3. The maximum atomic E-state index is 2.73. The van der Waals surface area contributed by atoms with E-state index in [1.54, 1.807) is 22.3 Å². The summed E-state index contributed by atoms with van der Waals surface area (Å²) in [5, 5.41) is 0. The SMILES string of the molecule is CCN1c2ccc(C34CC5CC(CC(C5)C3)C4)cc2C(C)(C)c2cc(C34CC5CC(CC(C5)C3)C4)ccc21. The predicted molar refractivity (Wildman–Crippen MR) is 157 cm³/mol. The minimum atomic E-state index is 0.0486. The molecule has 2 aromatic rings. The van der Waals surface area contributed by atoms with Crippen LogP contribution in [0.1, 0.15) is 120 Å². The van der Waals surface area contributed by atoms with E-state index in [0.29, 0.717) is 10.8 Å². The Morgan fingerprint density at radius 2 is 0.921 bits per heavy atom. The third kappa shape index (κ3) is 3.00. The van der Waals surface area contributed by atoms with Crippen molar-refractivity contribution in [2.45, 2.75) is 114 Å². The zero-order chi connectivity index (χ0) is 25.4. The Kier molecular flexibility index (Phi) is 4.54. The number of benzene rings is 2. The summed E-state index contributed by atoms with van der Waals surface area (Å²) >= 11 is 0. The van der Waals surface area contributed by atoms with Gasteiger partial charge < -0.3 is 4.90 Å². The number of nitrogens with zero attached hydrogens (tertiary/aromatic N) is 1. The summed E-state index contributed by atoms with van der Waals surface area (Å²) in [7, 11) is 0. The molecular formula is C37H47N. The van der Waals surface area contributed by atoms with Gasteiger partial charge in [-0.05, 0) is 165 Å². The number of fused-ring (bicyclic) bond motifs is 2. The normalized spacial score (nSPS) is 42.9. The molecule has 1 nitrogen and oxygen atoms in total. The second-order valence-electron chi connectivity index (χ2n) is 16.2. The molecule has 0 atom stereocenters. The fourth-order valence-corrected chi connectivity index (χ4v) is 12.7. The highest BCUT2D eigenvalue weighted by Crippen LogP contribution is 2.63. The van der Waals surface area contributed by atoms with Gasteiger partial charge in [-0.3, -0.25) is 0 Å². The van der Waals surface area contributed by atoms with E-state index < -0.39 is 0 Å². The van der Waals surface area contributed by atoms with Crippen LogP contribution in [0.2, 0.25) is 0 Å². The molecule has 38 heavy (non-hydrogen) atoms. The minimum Gasteiger partial charge on any atom is -0.341 e. The molecule has 200 valence electrons. The summed E-state index contributed by atoms with van der Waals surface area (Å²) < 4.78 is 0. The topological polar surface area (TPSA) is 3.24 Å². The van der Waals surface area contributed by atoms with Crippen molar-refractivity contribution >= 4 is 11.4 Å². The molecule has 1 aliphatic heterocycles. The zero-order valence-corrected chi connectivity index (χ0v) is 24.1. The van der Waals surface area contributed by atoms with Gasteiger partial charge in [-0.1, -0.05) is 38.1 Å². The number of hydrogen-bond acceptors (Lipinski definition) is 1. The summed E-state index contributed by atoms with van der Waals surface area (Å²) in [6, 6.07) is 15.7. The van der Waals surface area contributed by atoms with Crippen molar-refractivity contribution in [1.82, 2.24) is 0 Å². The van der Waals surface area contributed by atoms with Crippen LogP contribution in [-0.4, -0.2) is 6.54 Å². The van der Waals surface area contributed by atoms with E-state index in [1.165, 1.54) is 88.4 Å². The lowest BCUT2D eigenvalue weighted by molar-refractivity contribution is -0.00528. The molecule has 0 unspecified atom stereocenters. The maximum absolute atomic E-state index is 2.73. The fourth-order valence-electron chi connectivity index (χ4n) is 12.7. The van der Waals surface area contributed by atoms with Gasteiger partial charge in [0.25, 0.3) is 0 Å². The molecule has 8 saturated carbocycles. The van der Waals surface area contributed by atoms with Crippen LogP contribution in [0.4, 0.5) is 11.4 Å². The van der Waals surface area contributed by atoms with Gasteiger partial charge in [0.05, 0.1) is 0 Å². The van der Waals surface area contributed by atoms with Crippen molar-refractivity contribution < 1.29 is 0 Å². The van der Waals surface area contributed by atoms with E-state index in [-0.39, 0.29) is 5.41 Å². The molecule has 0 amide bonds. The molecule has 11 rings (SSSR count). The molecule has 8 fully saturated rings. The number of hydrogen-bond donors (Lipinski definition) is 0. The minimum absolute atomic E-state index is 0.0486. The highest BCUT2D eigenvalue weighted by molar-refractivity contribution is 5.78. The van der Waals surface area contributed by atoms with E-state index in [2.05, 4.69) is 62.1 Å². The summed E-state index contributed by atoms with van der Waals surface area (Å²) in [5.74, 6) is 6.01. The van der Waals surface area contributed by atoms with Crippen LogP contribution >= 0.6 is 0 Å². The van der Waals surface area contributed by atoms with Crippen molar-refractivity contribution in [2.75, 3.05) is 11.4 Å². The van der Waals surface area contributed by atoms with E-state index in [1.807, 2.05) is 0 Å². The first-order valence-electron chi connectivity index (χ1n) is 16.4. The lowest BCUT2D eigenvalue weighted by Gasteiger charge is -2.57. The van der Waals surface area contributed by atoms with Crippen LogP contribution in [0.15, 0.2) is 36.4 Å². The van der Waals surface area contributed by atoms with Crippen LogP contribution < -0.4 is 4.90 Å². The summed E-state index contributed by atoms with van der Waals surface area (Å²) in [5.41, 5.74) is 10.5. The molecule has 0 N–H and O–H groups in total. The van der Waals surface area contributed by atoms with Gasteiger partial charge in [0, 0.05) is 23.3 Å². The monoisotopic (exact) mass is 505 g/mol. The predicted octanol–water partition coefficient (Wildman–Crippen LogP) is 9.42. The zero-order valence-electron chi connectivity index (χ0n) is 24.1. The Bertz CT molecular complexity index is 1140. The van der Waals surface area contributed by atoms with E-state index >= 15 is 0 Å². The lowest BCUT2D eigenvalue weighted by atomic mass is 9.47. The van der Waals surface area contributed by atoms with Gasteiger partial charge in [-0.25, -0.2) is 0 Å². The molecule has 2 aromatic carbocycles. The molecular weight excluding hydrogens is 458 g/mol. The Hall–Kier alpha value is -1.76. The Morgan fingerprint density at radius 3 is 1.24 bits per heavy atom. The van der Waals surface area contributed by atoms with Crippen LogP contribution in [0.5, 0.6) is 0 Å². The van der Waals surface area contributed by atoms with Crippen molar-refractivity contribution in [3.63, 3.8) is 0 Å².